The standard InChI is InChI=1S/C13H8F3N3O4/c14-13(15,16)12(23)18-17-11(22)7-1-3-8(4-2-7)19-9(20)5-6-10(19)21/h1-6,20-21H. The van der Waals surface area contributed by atoms with Crippen molar-refractivity contribution in [2.45, 2.75) is 6.18 Å². The van der Waals surface area contributed by atoms with Gasteiger partial charge in [-0.2, -0.15) is 13.2 Å². The van der Waals surface area contributed by atoms with Crippen LogP contribution in [0, 0.1) is 0 Å². The van der Waals surface area contributed by atoms with Crippen molar-refractivity contribution in [2.24, 2.45) is 10.2 Å². The van der Waals surface area contributed by atoms with Crippen molar-refractivity contribution in [3.05, 3.63) is 42.0 Å². The molecule has 0 aliphatic carbocycles. The molecule has 1 heterocycles. The minimum Gasteiger partial charge on any atom is -0.494 e. The average molecular weight is 327 g/mol. The zero-order chi connectivity index (χ0) is 17.2. The van der Waals surface area contributed by atoms with Crippen molar-refractivity contribution in [1.29, 1.82) is 0 Å². The molecule has 0 unspecified atom stereocenters. The molecule has 23 heavy (non-hydrogen) atoms. The van der Waals surface area contributed by atoms with Gasteiger partial charge in [0.1, 0.15) is 0 Å². The van der Waals surface area contributed by atoms with Crippen LogP contribution < -0.4 is 0 Å². The lowest BCUT2D eigenvalue weighted by atomic mass is 10.2. The van der Waals surface area contributed by atoms with Gasteiger partial charge in [-0.25, -0.2) is 0 Å². The van der Waals surface area contributed by atoms with Crippen LogP contribution in [0.15, 0.2) is 46.6 Å². The van der Waals surface area contributed by atoms with Crippen molar-refractivity contribution in [1.82, 2.24) is 4.57 Å². The highest BCUT2D eigenvalue weighted by molar-refractivity contribution is 5.96. The summed E-state index contributed by atoms with van der Waals surface area (Å²) in [5, 5.41) is 24.1. The number of halogens is 3. The van der Waals surface area contributed by atoms with Crippen molar-refractivity contribution >= 4 is 11.8 Å². The molecule has 0 radical (unpaired) electrons. The van der Waals surface area contributed by atoms with Gasteiger partial charge in [-0.05, 0) is 24.3 Å². The largest absolute Gasteiger partial charge is 0.494 e. The Bertz CT molecular complexity index is 759. The first kappa shape index (κ1) is 16.2. The van der Waals surface area contributed by atoms with E-state index in [0.717, 1.165) is 4.57 Å². The number of aromatic nitrogens is 1. The molecular formula is C13H8F3N3O4. The molecule has 0 saturated carbocycles. The van der Waals surface area contributed by atoms with Gasteiger partial charge in [-0.15, -0.1) is 5.11 Å². The molecule has 2 aromatic rings. The Balaban J connectivity index is 2.19. The van der Waals surface area contributed by atoms with Crippen LogP contribution >= 0.6 is 0 Å². The van der Waals surface area contributed by atoms with Gasteiger partial charge in [0.15, 0.2) is 11.8 Å². The summed E-state index contributed by atoms with van der Waals surface area (Å²) in [6.45, 7) is 0. The maximum Gasteiger partial charge on any atom is 0.475 e. The number of hydrogen-bond donors (Lipinski definition) is 2. The lowest BCUT2D eigenvalue weighted by molar-refractivity contribution is -0.170. The Labute approximate surface area is 126 Å². The Hall–Kier alpha value is -3.17. The molecule has 0 saturated heterocycles. The van der Waals surface area contributed by atoms with Gasteiger partial charge in [0, 0.05) is 17.7 Å². The minimum absolute atomic E-state index is 0.126. The molecule has 0 bridgehead atoms. The number of carbonyl (C=O) groups excluding carboxylic acids is 2. The molecule has 10 heteroatoms. The van der Waals surface area contributed by atoms with Gasteiger partial charge in [0.2, 0.25) is 0 Å². The Morgan fingerprint density at radius 1 is 0.913 bits per heavy atom. The first-order valence-electron chi connectivity index (χ1n) is 5.97. The van der Waals surface area contributed by atoms with E-state index in [-0.39, 0.29) is 17.3 Å². The van der Waals surface area contributed by atoms with Crippen LogP contribution in [0.5, 0.6) is 11.8 Å². The molecule has 120 valence electrons. The van der Waals surface area contributed by atoms with Crippen LogP contribution in [0.2, 0.25) is 0 Å². The van der Waals surface area contributed by atoms with Crippen LogP contribution in [0.4, 0.5) is 13.2 Å². The van der Waals surface area contributed by atoms with Crippen molar-refractivity contribution in [2.75, 3.05) is 0 Å². The molecule has 0 fully saturated rings. The van der Waals surface area contributed by atoms with Crippen molar-refractivity contribution in [3.8, 4) is 17.4 Å². The summed E-state index contributed by atoms with van der Waals surface area (Å²) in [6.07, 6.45) is -5.20. The SMILES string of the molecule is O=C(N=NC(=O)C(F)(F)F)c1ccc(-n2c(O)ccc2O)cc1. The number of amides is 2. The fraction of sp³-hybridized carbons (Fsp3) is 0.0769. The monoisotopic (exact) mass is 327 g/mol. The number of nitrogens with zero attached hydrogens (tertiary/aromatic N) is 3. The Morgan fingerprint density at radius 3 is 1.91 bits per heavy atom. The zero-order valence-corrected chi connectivity index (χ0v) is 11.2. The quantitative estimate of drug-likeness (QED) is 0.827. The number of benzene rings is 1. The topological polar surface area (TPSA) is 104 Å². The van der Waals surface area contributed by atoms with Crippen LogP contribution in [0.1, 0.15) is 10.4 Å². The number of azo groups is 1. The zero-order valence-electron chi connectivity index (χ0n) is 11.2. The summed E-state index contributed by atoms with van der Waals surface area (Å²) in [4.78, 5) is 22.0. The highest BCUT2D eigenvalue weighted by Crippen LogP contribution is 2.26. The summed E-state index contributed by atoms with van der Waals surface area (Å²) >= 11 is 0. The first-order chi connectivity index (χ1) is 10.7. The number of aromatic hydroxyl groups is 2. The number of carbonyl (C=O) groups is 2. The average Bonchev–Trinajstić information content (AvgIpc) is 2.82. The molecule has 0 aliphatic heterocycles. The maximum absolute atomic E-state index is 11.9. The minimum atomic E-state index is -5.20. The van der Waals surface area contributed by atoms with Gasteiger partial charge >= 0.3 is 12.1 Å². The molecule has 2 amide bonds. The van der Waals surface area contributed by atoms with E-state index in [1.807, 2.05) is 0 Å². The summed E-state index contributed by atoms with van der Waals surface area (Å²) in [5.41, 5.74) is 0.170. The van der Waals surface area contributed by atoms with E-state index in [9.17, 15) is 33.0 Å². The van der Waals surface area contributed by atoms with E-state index in [0.29, 0.717) is 5.69 Å². The molecular weight excluding hydrogens is 319 g/mol. The van der Waals surface area contributed by atoms with E-state index < -0.39 is 18.0 Å². The summed E-state index contributed by atoms with van der Waals surface area (Å²) in [5.74, 6) is -4.13. The van der Waals surface area contributed by atoms with Gasteiger partial charge in [-0.1, -0.05) is 5.11 Å². The van der Waals surface area contributed by atoms with Crippen LogP contribution in [0.25, 0.3) is 5.69 Å². The highest BCUT2D eigenvalue weighted by Gasteiger charge is 2.39. The number of rotatable bonds is 2. The molecule has 7 nitrogen and oxygen atoms in total. The van der Waals surface area contributed by atoms with E-state index in [2.05, 4.69) is 10.2 Å². The molecule has 0 aliphatic rings. The Morgan fingerprint density at radius 2 is 1.43 bits per heavy atom. The lowest BCUT2D eigenvalue weighted by Crippen LogP contribution is -2.20. The van der Waals surface area contributed by atoms with E-state index in [1.165, 1.54) is 36.4 Å². The second-order valence-corrected chi connectivity index (χ2v) is 4.24. The third-order valence-electron chi connectivity index (χ3n) is 2.69. The normalized spacial score (nSPS) is 11.8. The molecule has 1 aromatic heterocycles. The molecule has 2 rings (SSSR count). The van der Waals surface area contributed by atoms with Gasteiger partial charge in [0.25, 0.3) is 5.91 Å². The second-order valence-electron chi connectivity index (χ2n) is 4.24. The van der Waals surface area contributed by atoms with E-state index in [1.54, 1.807) is 0 Å². The fourth-order valence-electron chi connectivity index (χ4n) is 1.64. The van der Waals surface area contributed by atoms with Crippen molar-refractivity contribution < 1.29 is 33.0 Å². The maximum atomic E-state index is 11.9. The summed E-state index contributed by atoms with van der Waals surface area (Å²) in [6, 6.07) is 7.49. The van der Waals surface area contributed by atoms with Gasteiger partial charge < -0.3 is 10.2 Å². The number of alkyl halides is 3. The van der Waals surface area contributed by atoms with Gasteiger partial charge in [0.05, 0.1) is 5.69 Å². The predicted molar refractivity (Wildman–Crippen MR) is 69.3 cm³/mol. The molecule has 0 spiro atoms. The highest BCUT2D eigenvalue weighted by atomic mass is 19.4. The third kappa shape index (κ3) is 3.54. The summed E-state index contributed by atoms with van der Waals surface area (Å²) < 4.78 is 36.8. The van der Waals surface area contributed by atoms with E-state index >= 15 is 0 Å². The lowest BCUT2D eigenvalue weighted by Gasteiger charge is -2.06. The molecule has 1 aromatic carbocycles. The third-order valence-corrected chi connectivity index (χ3v) is 2.69. The van der Waals surface area contributed by atoms with Gasteiger partial charge in [-0.3, -0.25) is 14.2 Å². The van der Waals surface area contributed by atoms with Crippen LogP contribution in [-0.4, -0.2) is 32.8 Å². The summed E-state index contributed by atoms with van der Waals surface area (Å²) in [7, 11) is 0. The fourth-order valence-corrected chi connectivity index (χ4v) is 1.64. The number of hydrogen-bond acceptors (Lipinski definition) is 4. The molecule has 0 atom stereocenters. The van der Waals surface area contributed by atoms with Crippen molar-refractivity contribution in [3.63, 3.8) is 0 Å². The second kappa shape index (κ2) is 5.91. The van der Waals surface area contributed by atoms with Crippen LogP contribution in [-0.2, 0) is 4.79 Å². The predicted octanol–water partition coefficient (Wildman–Crippen LogP) is 2.57. The Kier molecular flexibility index (Phi) is 4.16. The smallest absolute Gasteiger partial charge is 0.475 e. The first-order valence-corrected chi connectivity index (χ1v) is 5.97. The van der Waals surface area contributed by atoms with Crippen LogP contribution in [0.3, 0.4) is 0 Å². The molecule has 2 N–H and O–H groups in total. The van der Waals surface area contributed by atoms with E-state index in [4.69, 9.17) is 0 Å².